The van der Waals surface area contributed by atoms with Crippen LogP contribution in [0, 0.1) is 0 Å². The first-order valence-electron chi connectivity index (χ1n) is 21.8. The van der Waals surface area contributed by atoms with Gasteiger partial charge in [0.2, 0.25) is 0 Å². The Kier molecular flexibility index (Phi) is 36.2. The maximum atomic E-state index is 12.7. The third kappa shape index (κ3) is 39.3. The second kappa shape index (κ2) is 38.1. The third-order valence-corrected chi connectivity index (χ3v) is 9.05. The van der Waals surface area contributed by atoms with E-state index in [-0.39, 0.29) is 38.6 Å². The Morgan fingerprint density at radius 2 is 0.982 bits per heavy atom. The summed E-state index contributed by atoms with van der Waals surface area (Å²) < 4.78 is 22.5. The first kappa shape index (κ1) is 52.2. The fourth-order valence-corrected chi connectivity index (χ4v) is 5.59. The van der Waals surface area contributed by atoms with Crippen molar-refractivity contribution in [1.29, 1.82) is 0 Å². The van der Waals surface area contributed by atoms with Gasteiger partial charge in [-0.15, -0.1) is 0 Å². The van der Waals surface area contributed by atoms with E-state index >= 15 is 0 Å². The van der Waals surface area contributed by atoms with Gasteiger partial charge in [0.15, 0.2) is 12.4 Å². The second-order valence-electron chi connectivity index (χ2n) is 15.6. The van der Waals surface area contributed by atoms with Crippen molar-refractivity contribution in [3.63, 3.8) is 0 Å². The van der Waals surface area contributed by atoms with Crippen LogP contribution in [0.3, 0.4) is 0 Å². The molecule has 2 atom stereocenters. The summed E-state index contributed by atoms with van der Waals surface area (Å²) in [5, 5.41) is 11.7. The molecule has 0 saturated carbocycles. The molecule has 0 fully saturated rings. The fraction of sp³-hybridized carbons (Fsp3) is 0.761. The summed E-state index contributed by atoms with van der Waals surface area (Å²) in [6.07, 6.45) is 39.9. The quantitative estimate of drug-likeness (QED) is 0.0200. The zero-order chi connectivity index (χ0) is 40.7. The fourth-order valence-electron chi connectivity index (χ4n) is 5.59. The van der Waals surface area contributed by atoms with E-state index in [1.54, 1.807) is 0 Å². The highest BCUT2D eigenvalue weighted by Gasteiger charge is 2.21. The predicted octanol–water partition coefficient (Wildman–Crippen LogP) is 9.88. The minimum atomic E-state index is -1.63. The molecule has 0 heterocycles. The van der Waals surface area contributed by atoms with Crippen LogP contribution in [0.2, 0.25) is 0 Å². The summed E-state index contributed by atoms with van der Waals surface area (Å²) in [5.41, 5.74) is 0. The molecule has 0 aromatic rings. The topological polar surface area (TPSA) is 111 Å². The Labute approximate surface area is 336 Å². The van der Waals surface area contributed by atoms with Crippen molar-refractivity contribution in [3.8, 4) is 0 Å². The molecule has 0 aliphatic heterocycles. The molecule has 55 heavy (non-hydrogen) atoms. The number of rotatable bonds is 39. The van der Waals surface area contributed by atoms with Gasteiger partial charge in [-0.2, -0.15) is 0 Å². The van der Waals surface area contributed by atoms with Crippen molar-refractivity contribution in [1.82, 2.24) is 0 Å². The van der Waals surface area contributed by atoms with Crippen LogP contribution in [-0.4, -0.2) is 82.3 Å². The van der Waals surface area contributed by atoms with Crippen molar-refractivity contribution >= 4 is 17.9 Å². The lowest BCUT2D eigenvalue weighted by Gasteiger charge is -2.26. The molecule has 318 valence electrons. The smallest absolute Gasteiger partial charge is 0.306 e. The SMILES string of the molecule is CCCCC/C=C\C/C=C\CCCCCCCC(=O)OCC(COC(OCC[N+](C)(C)C)C(=O)[O-])OC(=O)CCCCCCC/C=C\C/C=C\CCCCC. The summed E-state index contributed by atoms with van der Waals surface area (Å²) in [6, 6.07) is 0. The molecule has 0 amide bonds. The lowest BCUT2D eigenvalue weighted by molar-refractivity contribution is -0.870. The summed E-state index contributed by atoms with van der Waals surface area (Å²) in [6.45, 7) is 4.64. The Balaban J connectivity index is 4.52. The highest BCUT2D eigenvalue weighted by atomic mass is 16.7. The van der Waals surface area contributed by atoms with E-state index in [1.165, 1.54) is 51.4 Å². The van der Waals surface area contributed by atoms with Gasteiger partial charge < -0.3 is 33.3 Å². The molecule has 0 spiro atoms. The van der Waals surface area contributed by atoms with Crippen LogP contribution in [0.4, 0.5) is 0 Å². The zero-order valence-electron chi connectivity index (χ0n) is 35.8. The number of nitrogens with zero attached hydrogens (tertiary/aromatic N) is 1. The Bertz CT molecular complexity index is 1050. The summed E-state index contributed by atoms with van der Waals surface area (Å²) in [7, 11) is 5.89. The van der Waals surface area contributed by atoms with Crippen LogP contribution >= 0.6 is 0 Å². The van der Waals surface area contributed by atoms with Crippen LogP contribution < -0.4 is 5.11 Å². The number of carboxylic acids is 1. The van der Waals surface area contributed by atoms with Gasteiger partial charge in [0, 0.05) is 12.8 Å². The van der Waals surface area contributed by atoms with Crippen LogP contribution in [-0.2, 0) is 33.3 Å². The van der Waals surface area contributed by atoms with Crippen molar-refractivity contribution in [3.05, 3.63) is 48.6 Å². The number of quaternary nitrogens is 1. The molecule has 9 nitrogen and oxygen atoms in total. The van der Waals surface area contributed by atoms with Gasteiger partial charge in [-0.05, 0) is 77.0 Å². The molecule has 0 rings (SSSR count). The van der Waals surface area contributed by atoms with Crippen molar-refractivity contribution in [2.24, 2.45) is 0 Å². The van der Waals surface area contributed by atoms with Crippen LogP contribution in [0.15, 0.2) is 48.6 Å². The van der Waals surface area contributed by atoms with Crippen LogP contribution in [0.25, 0.3) is 0 Å². The monoisotopic (exact) mass is 776 g/mol. The van der Waals surface area contributed by atoms with Crippen molar-refractivity contribution in [2.75, 3.05) is 47.5 Å². The van der Waals surface area contributed by atoms with E-state index in [4.69, 9.17) is 18.9 Å². The molecule has 0 aliphatic carbocycles. The number of carbonyl (C=O) groups excluding carboxylic acids is 3. The lowest BCUT2D eigenvalue weighted by atomic mass is 10.1. The van der Waals surface area contributed by atoms with Gasteiger partial charge in [0.1, 0.15) is 13.2 Å². The standard InChI is InChI=1S/C46H81NO8/c1-6-8-10-12-14-16-18-20-22-24-26-28-30-32-34-36-43(48)53-40-42(41-54-46(45(50)51)52-39-38-47(3,4)5)55-44(49)37-35-33-31-29-27-25-23-21-19-17-15-13-11-9-7-2/h14-17,20-23,42,46H,6-13,18-19,24-41H2,1-5H3/b16-14-,17-15-,22-20-,23-21-. The molecule has 0 saturated heterocycles. The lowest BCUT2D eigenvalue weighted by Crippen LogP contribution is -2.44. The zero-order valence-corrected chi connectivity index (χ0v) is 35.8. The van der Waals surface area contributed by atoms with Gasteiger partial charge in [-0.3, -0.25) is 9.59 Å². The molecule has 2 unspecified atom stereocenters. The summed E-state index contributed by atoms with van der Waals surface area (Å²) >= 11 is 0. The molecular formula is C46H81NO8. The minimum Gasteiger partial charge on any atom is -0.545 e. The number of likely N-dealkylation sites (N-methyl/N-ethyl adjacent to an activating group) is 1. The van der Waals surface area contributed by atoms with E-state index in [1.807, 2.05) is 21.1 Å². The Hall–Kier alpha value is -2.75. The molecule has 0 bridgehead atoms. The average Bonchev–Trinajstić information content (AvgIpc) is 3.14. The number of esters is 2. The molecule has 0 aromatic carbocycles. The van der Waals surface area contributed by atoms with Crippen molar-refractivity contribution < 1.29 is 42.9 Å². The number of unbranched alkanes of at least 4 members (excludes halogenated alkanes) is 16. The van der Waals surface area contributed by atoms with Crippen LogP contribution in [0.5, 0.6) is 0 Å². The van der Waals surface area contributed by atoms with E-state index < -0.39 is 24.3 Å². The normalized spacial score (nSPS) is 13.4. The summed E-state index contributed by atoms with van der Waals surface area (Å²) in [4.78, 5) is 36.9. The molecule has 0 radical (unpaired) electrons. The number of aliphatic carboxylic acids is 1. The molecular weight excluding hydrogens is 695 g/mol. The average molecular weight is 776 g/mol. The van der Waals surface area contributed by atoms with E-state index in [9.17, 15) is 19.5 Å². The van der Waals surface area contributed by atoms with Gasteiger partial charge in [-0.25, -0.2) is 0 Å². The predicted molar refractivity (Wildman–Crippen MR) is 223 cm³/mol. The summed E-state index contributed by atoms with van der Waals surface area (Å²) in [5.74, 6) is -2.33. The maximum absolute atomic E-state index is 12.7. The van der Waals surface area contributed by atoms with E-state index in [0.717, 1.165) is 83.5 Å². The number of hydrogen-bond donors (Lipinski definition) is 0. The number of allylic oxidation sites excluding steroid dienone is 8. The Morgan fingerprint density at radius 1 is 0.545 bits per heavy atom. The number of carboxylic acid groups (broad SMARTS) is 1. The van der Waals surface area contributed by atoms with E-state index in [2.05, 4.69) is 62.5 Å². The van der Waals surface area contributed by atoms with Crippen molar-refractivity contribution in [2.45, 2.75) is 180 Å². The molecule has 0 N–H and O–H groups in total. The third-order valence-electron chi connectivity index (χ3n) is 9.05. The first-order chi connectivity index (χ1) is 26.6. The van der Waals surface area contributed by atoms with Gasteiger partial charge in [0.25, 0.3) is 0 Å². The van der Waals surface area contributed by atoms with Crippen LogP contribution in [0.1, 0.15) is 168 Å². The number of carbonyl (C=O) groups is 3. The Morgan fingerprint density at radius 3 is 1.44 bits per heavy atom. The second-order valence-corrected chi connectivity index (χ2v) is 15.6. The highest BCUT2D eigenvalue weighted by molar-refractivity contribution is 5.70. The highest BCUT2D eigenvalue weighted by Crippen LogP contribution is 2.12. The minimum absolute atomic E-state index is 0.141. The maximum Gasteiger partial charge on any atom is 0.306 e. The largest absolute Gasteiger partial charge is 0.545 e. The molecule has 0 aliphatic rings. The van der Waals surface area contributed by atoms with Gasteiger partial charge in [-0.1, -0.05) is 127 Å². The molecule has 0 aromatic heterocycles. The number of hydrogen-bond acceptors (Lipinski definition) is 8. The first-order valence-corrected chi connectivity index (χ1v) is 21.8. The van der Waals surface area contributed by atoms with E-state index in [0.29, 0.717) is 17.4 Å². The van der Waals surface area contributed by atoms with Gasteiger partial charge >= 0.3 is 11.9 Å². The molecule has 9 heteroatoms. The number of ether oxygens (including phenoxy) is 4. The van der Waals surface area contributed by atoms with Gasteiger partial charge in [0.05, 0.1) is 40.3 Å².